The minimum Gasteiger partial charge on any atom is -0.395 e. The average molecular weight is 496 g/mol. The van der Waals surface area contributed by atoms with Crippen molar-refractivity contribution < 1.29 is 23.7 Å². The number of sulfone groups is 1. The van der Waals surface area contributed by atoms with Crippen LogP contribution in [-0.2, 0) is 9.84 Å². The van der Waals surface area contributed by atoms with Crippen LogP contribution in [0.25, 0.3) is 0 Å². The number of nitrogens with two attached hydrogens (primary N) is 1. The standard InChI is InChI=1S/C21H33N7O5S/c1-15-18(22)20(23-7-11-29)25-21(24-8-12-30)19(15)27-26-16-3-5-17(6-4-16)34(32,33)14-10-28(2)9-13-31/h3-6,29-31H,7-14,22H2,1-2H3,(H2,23,24,25). The van der Waals surface area contributed by atoms with Crippen LogP contribution < -0.4 is 16.4 Å². The van der Waals surface area contributed by atoms with E-state index in [4.69, 9.17) is 21.1 Å². The molecule has 1 aromatic carbocycles. The highest BCUT2D eigenvalue weighted by molar-refractivity contribution is 7.91. The number of hydrogen-bond acceptors (Lipinski definition) is 12. The molecular weight excluding hydrogens is 462 g/mol. The molecule has 2 aromatic rings. The summed E-state index contributed by atoms with van der Waals surface area (Å²) in [6.45, 7) is 2.73. The van der Waals surface area contributed by atoms with E-state index in [1.165, 1.54) is 12.1 Å². The molecule has 2 rings (SSSR count). The number of benzene rings is 1. The second kappa shape index (κ2) is 13.2. The smallest absolute Gasteiger partial charge is 0.179 e. The van der Waals surface area contributed by atoms with Crippen molar-refractivity contribution in [3.8, 4) is 0 Å². The Bertz CT molecular complexity index is 1060. The van der Waals surface area contributed by atoms with Crippen LogP contribution >= 0.6 is 0 Å². The number of nitrogens with zero attached hydrogens (tertiary/aromatic N) is 4. The van der Waals surface area contributed by atoms with Gasteiger partial charge in [0, 0.05) is 31.7 Å². The first kappa shape index (κ1) is 27.4. The van der Waals surface area contributed by atoms with Crippen molar-refractivity contribution in [3.63, 3.8) is 0 Å². The van der Waals surface area contributed by atoms with Gasteiger partial charge in [0.15, 0.2) is 21.5 Å². The van der Waals surface area contributed by atoms with Gasteiger partial charge in [-0.2, -0.15) is 5.11 Å². The maximum absolute atomic E-state index is 12.6. The van der Waals surface area contributed by atoms with Crippen LogP contribution in [0.15, 0.2) is 39.4 Å². The van der Waals surface area contributed by atoms with Crippen molar-refractivity contribution in [1.29, 1.82) is 0 Å². The van der Waals surface area contributed by atoms with E-state index in [1.807, 2.05) is 0 Å². The van der Waals surface area contributed by atoms with Gasteiger partial charge in [-0.3, -0.25) is 0 Å². The molecule has 0 saturated heterocycles. The molecule has 0 unspecified atom stereocenters. The molecule has 0 bridgehead atoms. The topological polar surface area (TPSA) is 186 Å². The van der Waals surface area contributed by atoms with Crippen LogP contribution in [0.2, 0.25) is 0 Å². The molecule has 1 heterocycles. The summed E-state index contributed by atoms with van der Waals surface area (Å²) in [5, 5.41) is 41.5. The number of aliphatic hydroxyl groups excluding tert-OH is 3. The molecule has 0 atom stereocenters. The Labute approximate surface area is 199 Å². The number of hydrogen-bond donors (Lipinski definition) is 6. The van der Waals surface area contributed by atoms with Crippen molar-refractivity contribution in [2.24, 2.45) is 10.2 Å². The van der Waals surface area contributed by atoms with Crippen molar-refractivity contribution in [2.75, 3.05) is 75.2 Å². The van der Waals surface area contributed by atoms with E-state index in [9.17, 15) is 8.42 Å². The van der Waals surface area contributed by atoms with E-state index in [1.54, 1.807) is 31.0 Å². The fourth-order valence-electron chi connectivity index (χ4n) is 2.94. The van der Waals surface area contributed by atoms with Gasteiger partial charge in [-0.25, -0.2) is 13.4 Å². The van der Waals surface area contributed by atoms with Crippen LogP contribution in [0.1, 0.15) is 5.56 Å². The third-order valence-corrected chi connectivity index (χ3v) is 6.67. The molecule has 34 heavy (non-hydrogen) atoms. The Morgan fingerprint density at radius 1 is 0.971 bits per heavy atom. The fourth-order valence-corrected chi connectivity index (χ4v) is 4.28. The highest BCUT2D eigenvalue weighted by Crippen LogP contribution is 2.36. The highest BCUT2D eigenvalue weighted by Gasteiger charge is 2.17. The van der Waals surface area contributed by atoms with Crippen LogP contribution in [-0.4, -0.2) is 92.4 Å². The maximum Gasteiger partial charge on any atom is 0.179 e. The van der Waals surface area contributed by atoms with Crippen LogP contribution in [0.3, 0.4) is 0 Å². The van der Waals surface area contributed by atoms with E-state index in [0.717, 1.165) is 0 Å². The summed E-state index contributed by atoms with van der Waals surface area (Å²) in [6.07, 6.45) is 0. The highest BCUT2D eigenvalue weighted by atomic mass is 32.2. The summed E-state index contributed by atoms with van der Waals surface area (Å²) in [6, 6.07) is 6.06. The molecule has 0 aliphatic rings. The molecule has 0 saturated carbocycles. The Morgan fingerprint density at radius 3 is 2.18 bits per heavy atom. The molecule has 0 radical (unpaired) electrons. The zero-order chi connectivity index (χ0) is 25.1. The van der Waals surface area contributed by atoms with Gasteiger partial charge in [-0.05, 0) is 38.2 Å². The number of aromatic nitrogens is 1. The predicted molar refractivity (Wildman–Crippen MR) is 132 cm³/mol. The zero-order valence-corrected chi connectivity index (χ0v) is 20.2. The molecule has 0 aliphatic carbocycles. The number of azo groups is 1. The van der Waals surface area contributed by atoms with Gasteiger partial charge in [-0.15, -0.1) is 5.11 Å². The van der Waals surface area contributed by atoms with E-state index in [2.05, 4.69) is 25.8 Å². The molecule has 0 fully saturated rings. The number of anilines is 3. The second-order valence-corrected chi connectivity index (χ2v) is 9.65. The van der Waals surface area contributed by atoms with Crippen molar-refractivity contribution >= 4 is 38.5 Å². The lowest BCUT2D eigenvalue weighted by Gasteiger charge is -2.15. The minimum atomic E-state index is -3.48. The third-order valence-electron chi connectivity index (χ3n) is 4.96. The van der Waals surface area contributed by atoms with Gasteiger partial charge in [0.25, 0.3) is 0 Å². The van der Waals surface area contributed by atoms with Gasteiger partial charge in [0.1, 0.15) is 5.69 Å². The van der Waals surface area contributed by atoms with Crippen LogP contribution in [0, 0.1) is 6.92 Å². The molecule has 0 amide bonds. The third kappa shape index (κ3) is 7.60. The van der Waals surface area contributed by atoms with Crippen molar-refractivity contribution in [2.45, 2.75) is 11.8 Å². The lowest BCUT2D eigenvalue weighted by atomic mass is 10.2. The SMILES string of the molecule is Cc1c(N)c(NCCO)nc(NCCO)c1N=Nc1ccc(S(=O)(=O)CCN(C)CCO)cc1. The van der Waals surface area contributed by atoms with Gasteiger partial charge >= 0.3 is 0 Å². The summed E-state index contributed by atoms with van der Waals surface area (Å²) in [7, 11) is -1.73. The Hall–Kier alpha value is -2.84. The van der Waals surface area contributed by atoms with Gasteiger partial charge in [0.05, 0.1) is 41.8 Å². The molecule has 188 valence electrons. The van der Waals surface area contributed by atoms with Gasteiger partial charge in [0.2, 0.25) is 0 Å². The molecular formula is C21H33N7O5S. The van der Waals surface area contributed by atoms with Crippen molar-refractivity contribution in [1.82, 2.24) is 9.88 Å². The van der Waals surface area contributed by atoms with E-state index in [0.29, 0.717) is 47.4 Å². The molecule has 0 aliphatic heterocycles. The van der Waals surface area contributed by atoms with Crippen LogP contribution in [0.4, 0.5) is 28.7 Å². The number of aliphatic hydroxyl groups is 3. The summed E-state index contributed by atoms with van der Waals surface area (Å²) < 4.78 is 25.1. The number of nitrogen functional groups attached to an aromatic ring is 1. The van der Waals surface area contributed by atoms with E-state index in [-0.39, 0.29) is 43.6 Å². The lowest BCUT2D eigenvalue weighted by Crippen LogP contribution is -2.28. The van der Waals surface area contributed by atoms with Gasteiger partial charge in [-0.1, -0.05) is 0 Å². The number of likely N-dealkylation sites (N-methyl/N-ethyl adjacent to an activating group) is 1. The normalized spacial score (nSPS) is 11.9. The number of nitrogens with one attached hydrogen (secondary N) is 2. The molecule has 13 heteroatoms. The van der Waals surface area contributed by atoms with E-state index < -0.39 is 9.84 Å². The number of pyridine rings is 1. The zero-order valence-electron chi connectivity index (χ0n) is 19.4. The summed E-state index contributed by atoms with van der Waals surface area (Å²) in [5.74, 6) is 0.673. The predicted octanol–water partition coefficient (Wildman–Crippen LogP) is 0.894. The lowest BCUT2D eigenvalue weighted by molar-refractivity contribution is 0.227. The number of rotatable bonds is 14. The fraction of sp³-hybridized carbons (Fsp3) is 0.476. The quantitative estimate of drug-likeness (QED) is 0.206. The largest absolute Gasteiger partial charge is 0.395 e. The molecule has 1 aromatic heterocycles. The first-order chi connectivity index (χ1) is 16.2. The Morgan fingerprint density at radius 2 is 1.59 bits per heavy atom. The molecule has 12 nitrogen and oxygen atoms in total. The van der Waals surface area contributed by atoms with Crippen LogP contribution in [0.5, 0.6) is 0 Å². The monoisotopic (exact) mass is 495 g/mol. The Balaban J connectivity index is 2.24. The molecule has 7 N–H and O–H groups in total. The second-order valence-electron chi connectivity index (χ2n) is 7.54. The summed E-state index contributed by atoms with van der Waals surface area (Å²) in [4.78, 5) is 6.31. The first-order valence-corrected chi connectivity index (χ1v) is 12.4. The first-order valence-electron chi connectivity index (χ1n) is 10.8. The summed E-state index contributed by atoms with van der Waals surface area (Å²) >= 11 is 0. The van der Waals surface area contributed by atoms with E-state index >= 15 is 0 Å². The van der Waals surface area contributed by atoms with Crippen molar-refractivity contribution in [3.05, 3.63) is 29.8 Å². The minimum absolute atomic E-state index is 0.0317. The summed E-state index contributed by atoms with van der Waals surface area (Å²) in [5.41, 5.74) is 7.93. The molecule has 0 spiro atoms. The average Bonchev–Trinajstić information content (AvgIpc) is 2.82. The van der Waals surface area contributed by atoms with Gasteiger partial charge < -0.3 is 36.6 Å². The Kier molecular flexibility index (Phi) is 10.6. The maximum atomic E-state index is 12.6.